The van der Waals surface area contributed by atoms with Gasteiger partial charge in [0.05, 0.1) is 0 Å². The van der Waals surface area contributed by atoms with Gasteiger partial charge in [-0.15, -0.1) is 0 Å². The highest BCUT2D eigenvalue weighted by Crippen LogP contribution is 2.28. The van der Waals surface area contributed by atoms with E-state index in [4.69, 9.17) is 4.74 Å². The molecule has 2 aromatic rings. The second kappa shape index (κ2) is 5.22. The van der Waals surface area contributed by atoms with Crippen molar-refractivity contribution in [1.82, 2.24) is 0 Å². The quantitative estimate of drug-likeness (QED) is 0.761. The van der Waals surface area contributed by atoms with Crippen LogP contribution in [0.3, 0.4) is 0 Å². The number of carbonyl (C=O) groups is 1. The summed E-state index contributed by atoms with van der Waals surface area (Å²) in [5.41, 5.74) is 2.31. The van der Waals surface area contributed by atoms with Gasteiger partial charge in [-0.25, -0.2) is 4.39 Å². The predicted octanol–water partition coefficient (Wildman–Crippen LogP) is 4.44. The van der Waals surface area contributed by atoms with E-state index in [1.165, 1.54) is 19.1 Å². The minimum Gasteiger partial charge on any atom is -0.454 e. The van der Waals surface area contributed by atoms with E-state index in [-0.39, 0.29) is 11.5 Å². The van der Waals surface area contributed by atoms with Gasteiger partial charge in [-0.05, 0) is 56.2 Å². The van der Waals surface area contributed by atoms with Gasteiger partial charge in [-0.3, -0.25) is 4.79 Å². The zero-order valence-electron chi connectivity index (χ0n) is 11.2. The Morgan fingerprint density at radius 1 is 1.05 bits per heavy atom. The first-order valence-electron chi connectivity index (χ1n) is 6.03. The third-order valence-electron chi connectivity index (χ3n) is 2.90. The van der Waals surface area contributed by atoms with Gasteiger partial charge in [0.1, 0.15) is 5.75 Å². The van der Waals surface area contributed by atoms with E-state index in [1.807, 2.05) is 32.0 Å². The summed E-state index contributed by atoms with van der Waals surface area (Å²) in [5, 5.41) is 0. The Balaban J connectivity index is 2.33. The molecule has 0 aliphatic rings. The minimum atomic E-state index is -0.534. The molecule has 3 heteroatoms. The molecule has 0 fully saturated rings. The molecule has 0 saturated heterocycles. The molecule has 0 radical (unpaired) electrons. The van der Waals surface area contributed by atoms with Gasteiger partial charge in [0.25, 0.3) is 0 Å². The van der Waals surface area contributed by atoms with Crippen LogP contribution in [-0.2, 0) is 0 Å². The Hall–Kier alpha value is -2.16. The Kier molecular flexibility index (Phi) is 3.65. The SMILES string of the molecule is CC(=O)c1ccc(Oc2cc(C)ccc2C)c(F)c1. The number of hydrogen-bond donors (Lipinski definition) is 0. The van der Waals surface area contributed by atoms with Gasteiger partial charge >= 0.3 is 0 Å². The third-order valence-corrected chi connectivity index (χ3v) is 2.90. The Morgan fingerprint density at radius 3 is 2.42 bits per heavy atom. The van der Waals surface area contributed by atoms with Crippen molar-refractivity contribution in [1.29, 1.82) is 0 Å². The number of carbonyl (C=O) groups excluding carboxylic acids is 1. The minimum absolute atomic E-state index is 0.124. The van der Waals surface area contributed by atoms with Crippen LogP contribution in [-0.4, -0.2) is 5.78 Å². The maximum atomic E-state index is 13.9. The molecule has 0 aromatic heterocycles. The molecular formula is C16H15FO2. The lowest BCUT2D eigenvalue weighted by Crippen LogP contribution is -1.96. The van der Waals surface area contributed by atoms with Crippen LogP contribution in [0.5, 0.6) is 11.5 Å². The van der Waals surface area contributed by atoms with Crippen LogP contribution in [0.25, 0.3) is 0 Å². The Bertz CT molecular complexity index is 633. The van der Waals surface area contributed by atoms with Crippen LogP contribution < -0.4 is 4.74 Å². The van der Waals surface area contributed by atoms with Crippen LogP contribution in [0.15, 0.2) is 36.4 Å². The van der Waals surface area contributed by atoms with Crippen LogP contribution in [0, 0.1) is 19.7 Å². The number of benzene rings is 2. The lowest BCUT2D eigenvalue weighted by Gasteiger charge is -2.10. The fourth-order valence-electron chi connectivity index (χ4n) is 1.74. The van der Waals surface area contributed by atoms with Gasteiger partial charge in [0.15, 0.2) is 17.3 Å². The second-order valence-electron chi connectivity index (χ2n) is 4.57. The molecule has 0 N–H and O–H groups in total. The van der Waals surface area contributed by atoms with Crippen molar-refractivity contribution < 1.29 is 13.9 Å². The largest absolute Gasteiger partial charge is 0.454 e. The van der Waals surface area contributed by atoms with Gasteiger partial charge in [0, 0.05) is 5.56 Å². The summed E-state index contributed by atoms with van der Waals surface area (Å²) in [7, 11) is 0. The molecule has 19 heavy (non-hydrogen) atoms. The number of hydrogen-bond acceptors (Lipinski definition) is 2. The fraction of sp³-hybridized carbons (Fsp3) is 0.188. The maximum absolute atomic E-state index is 13.9. The number of halogens is 1. The summed E-state index contributed by atoms with van der Waals surface area (Å²) in [4.78, 5) is 11.2. The molecule has 0 heterocycles. The Labute approximate surface area is 111 Å². The van der Waals surface area contributed by atoms with E-state index in [2.05, 4.69) is 0 Å². The molecule has 2 rings (SSSR count). The van der Waals surface area contributed by atoms with Crippen molar-refractivity contribution in [3.8, 4) is 11.5 Å². The van der Waals surface area contributed by atoms with Gasteiger partial charge in [-0.2, -0.15) is 0 Å². The molecule has 0 spiro atoms. The number of rotatable bonds is 3. The molecule has 0 atom stereocenters. The first-order valence-corrected chi connectivity index (χ1v) is 6.03. The molecule has 98 valence electrons. The fourth-order valence-corrected chi connectivity index (χ4v) is 1.74. The lowest BCUT2D eigenvalue weighted by molar-refractivity contribution is 0.101. The van der Waals surface area contributed by atoms with E-state index >= 15 is 0 Å². The number of ether oxygens (including phenoxy) is 1. The second-order valence-corrected chi connectivity index (χ2v) is 4.57. The summed E-state index contributed by atoms with van der Waals surface area (Å²) >= 11 is 0. The van der Waals surface area contributed by atoms with Crippen molar-refractivity contribution in [3.05, 3.63) is 58.9 Å². The maximum Gasteiger partial charge on any atom is 0.166 e. The highest BCUT2D eigenvalue weighted by Gasteiger charge is 2.09. The zero-order chi connectivity index (χ0) is 14.0. The molecule has 2 nitrogen and oxygen atoms in total. The first kappa shape index (κ1) is 13.3. The highest BCUT2D eigenvalue weighted by molar-refractivity contribution is 5.94. The smallest absolute Gasteiger partial charge is 0.166 e. The molecule has 0 aliphatic heterocycles. The third kappa shape index (κ3) is 2.99. The van der Waals surface area contributed by atoms with Crippen LogP contribution in [0.1, 0.15) is 28.4 Å². The molecule has 0 aliphatic carbocycles. The van der Waals surface area contributed by atoms with E-state index in [1.54, 1.807) is 6.07 Å². The van der Waals surface area contributed by atoms with Crippen molar-refractivity contribution in [2.75, 3.05) is 0 Å². The van der Waals surface area contributed by atoms with E-state index < -0.39 is 5.82 Å². The van der Waals surface area contributed by atoms with Crippen molar-refractivity contribution >= 4 is 5.78 Å². The summed E-state index contributed by atoms with van der Waals surface area (Å²) < 4.78 is 19.4. The molecule has 0 bridgehead atoms. The van der Waals surface area contributed by atoms with Crippen molar-refractivity contribution in [2.24, 2.45) is 0 Å². The van der Waals surface area contributed by atoms with Gasteiger partial charge < -0.3 is 4.74 Å². The number of ketones is 1. The first-order chi connectivity index (χ1) is 8.97. The van der Waals surface area contributed by atoms with Gasteiger partial charge in [-0.1, -0.05) is 12.1 Å². The summed E-state index contributed by atoms with van der Waals surface area (Å²) in [6, 6.07) is 9.99. The Morgan fingerprint density at radius 2 is 1.79 bits per heavy atom. The average Bonchev–Trinajstić information content (AvgIpc) is 2.36. The lowest BCUT2D eigenvalue weighted by atomic mass is 10.1. The van der Waals surface area contributed by atoms with Crippen molar-refractivity contribution in [2.45, 2.75) is 20.8 Å². The highest BCUT2D eigenvalue weighted by atomic mass is 19.1. The zero-order valence-corrected chi connectivity index (χ0v) is 11.2. The molecule has 0 saturated carbocycles. The summed E-state index contributed by atoms with van der Waals surface area (Å²) in [6.07, 6.45) is 0. The van der Waals surface area contributed by atoms with Gasteiger partial charge in [0.2, 0.25) is 0 Å². The number of aryl methyl sites for hydroxylation is 2. The van der Waals surface area contributed by atoms with Crippen molar-refractivity contribution in [3.63, 3.8) is 0 Å². The normalized spacial score (nSPS) is 10.3. The summed E-state index contributed by atoms with van der Waals surface area (Å²) in [5.74, 6) is 0.0407. The predicted molar refractivity (Wildman–Crippen MR) is 72.4 cm³/mol. The standard InChI is InChI=1S/C16H15FO2/c1-10-4-5-11(2)16(8-10)19-15-7-6-13(12(3)18)9-14(15)17/h4-9H,1-3H3. The number of Topliss-reactive ketones (excluding diaryl/α,β-unsaturated/α-hetero) is 1. The summed E-state index contributed by atoms with van der Waals surface area (Å²) in [6.45, 7) is 5.25. The molecule has 2 aromatic carbocycles. The van der Waals surface area contributed by atoms with Crippen LogP contribution >= 0.6 is 0 Å². The van der Waals surface area contributed by atoms with E-state index in [0.29, 0.717) is 11.3 Å². The molecular weight excluding hydrogens is 243 g/mol. The average molecular weight is 258 g/mol. The van der Waals surface area contributed by atoms with Crippen LogP contribution in [0.2, 0.25) is 0 Å². The van der Waals surface area contributed by atoms with Crippen LogP contribution in [0.4, 0.5) is 4.39 Å². The topological polar surface area (TPSA) is 26.3 Å². The molecule has 0 unspecified atom stereocenters. The van der Waals surface area contributed by atoms with E-state index in [9.17, 15) is 9.18 Å². The molecule has 0 amide bonds. The monoisotopic (exact) mass is 258 g/mol. The van der Waals surface area contributed by atoms with E-state index in [0.717, 1.165) is 11.1 Å².